The van der Waals surface area contributed by atoms with Gasteiger partial charge in [0, 0.05) is 12.4 Å². The highest BCUT2D eigenvalue weighted by Gasteiger charge is 2.21. The second kappa shape index (κ2) is 5.26. The molecule has 0 bridgehead atoms. The summed E-state index contributed by atoms with van der Waals surface area (Å²) in [6, 6.07) is 6.78. The van der Waals surface area contributed by atoms with Gasteiger partial charge in [0.05, 0.1) is 0 Å². The lowest BCUT2D eigenvalue weighted by Crippen LogP contribution is -2.17. The van der Waals surface area contributed by atoms with Crippen LogP contribution in [0.5, 0.6) is 5.75 Å². The molecule has 0 amide bonds. The molecule has 0 spiro atoms. The van der Waals surface area contributed by atoms with Crippen molar-refractivity contribution in [1.29, 1.82) is 0 Å². The normalized spacial score (nSPS) is 9.95. The Morgan fingerprint density at radius 3 is 2.21 bits per heavy atom. The second-order valence-electron chi connectivity index (χ2n) is 3.76. The third-order valence-electron chi connectivity index (χ3n) is 2.33. The molecule has 0 atom stereocenters. The highest BCUT2D eigenvalue weighted by atomic mass is 16.5. The number of aromatic nitrogens is 2. The van der Waals surface area contributed by atoms with Gasteiger partial charge in [-0.15, -0.1) is 0 Å². The van der Waals surface area contributed by atoms with Crippen LogP contribution >= 0.6 is 0 Å². The molecule has 0 aliphatic heterocycles. The smallest absolute Gasteiger partial charge is 0.364 e. The number of aromatic carboxylic acids is 1. The maximum Gasteiger partial charge on any atom is 0.364 e. The molecule has 0 unspecified atom stereocenters. The molecule has 1 N–H and O–H groups in total. The predicted molar refractivity (Wildman–Crippen MR) is 65.1 cm³/mol. The van der Waals surface area contributed by atoms with Crippen LogP contribution in [-0.4, -0.2) is 27.0 Å². The first-order valence-electron chi connectivity index (χ1n) is 5.41. The van der Waals surface area contributed by atoms with Crippen molar-refractivity contribution in [3.8, 4) is 5.75 Å². The SMILES string of the molecule is Cc1ccc(OC(=O)c2nccnc2C(=O)O)cc1. The third kappa shape index (κ3) is 2.92. The van der Waals surface area contributed by atoms with Crippen molar-refractivity contribution >= 4 is 11.9 Å². The van der Waals surface area contributed by atoms with Gasteiger partial charge < -0.3 is 9.84 Å². The second-order valence-corrected chi connectivity index (χ2v) is 3.76. The minimum absolute atomic E-state index is 0.317. The number of carboxylic acids is 1. The maximum absolute atomic E-state index is 11.8. The third-order valence-corrected chi connectivity index (χ3v) is 2.33. The van der Waals surface area contributed by atoms with Crippen molar-refractivity contribution < 1.29 is 19.4 Å². The van der Waals surface area contributed by atoms with E-state index in [1.165, 1.54) is 12.4 Å². The first kappa shape index (κ1) is 12.7. The first-order valence-corrected chi connectivity index (χ1v) is 5.41. The number of rotatable bonds is 3. The van der Waals surface area contributed by atoms with E-state index in [-0.39, 0.29) is 5.69 Å². The summed E-state index contributed by atoms with van der Waals surface area (Å²) >= 11 is 0. The van der Waals surface area contributed by atoms with Crippen molar-refractivity contribution in [2.24, 2.45) is 0 Å². The summed E-state index contributed by atoms with van der Waals surface area (Å²) in [6.07, 6.45) is 2.43. The van der Waals surface area contributed by atoms with Crippen LogP contribution in [0.3, 0.4) is 0 Å². The van der Waals surface area contributed by atoms with Gasteiger partial charge in [0.2, 0.25) is 0 Å². The summed E-state index contributed by atoms with van der Waals surface area (Å²) in [6.45, 7) is 1.90. The highest BCUT2D eigenvalue weighted by Crippen LogP contribution is 2.14. The van der Waals surface area contributed by atoms with E-state index >= 15 is 0 Å². The predicted octanol–water partition coefficient (Wildman–Crippen LogP) is 1.70. The van der Waals surface area contributed by atoms with Gasteiger partial charge >= 0.3 is 11.9 Å². The van der Waals surface area contributed by atoms with Crippen LogP contribution < -0.4 is 4.74 Å². The number of aryl methyl sites for hydroxylation is 1. The monoisotopic (exact) mass is 258 g/mol. The Balaban J connectivity index is 2.25. The molecular formula is C13H10N2O4. The van der Waals surface area contributed by atoms with Crippen LogP contribution in [0.4, 0.5) is 0 Å². The fourth-order valence-electron chi connectivity index (χ4n) is 1.41. The van der Waals surface area contributed by atoms with E-state index in [0.717, 1.165) is 5.56 Å². The minimum Gasteiger partial charge on any atom is -0.476 e. The van der Waals surface area contributed by atoms with E-state index in [9.17, 15) is 9.59 Å². The van der Waals surface area contributed by atoms with Crippen LogP contribution in [0, 0.1) is 6.92 Å². The average Bonchev–Trinajstić information content (AvgIpc) is 2.41. The molecule has 1 aromatic heterocycles. The average molecular weight is 258 g/mol. The molecule has 0 radical (unpaired) electrons. The quantitative estimate of drug-likeness (QED) is 0.665. The molecule has 0 aliphatic rings. The van der Waals surface area contributed by atoms with E-state index in [2.05, 4.69) is 9.97 Å². The molecule has 0 saturated heterocycles. The molecule has 1 heterocycles. The Hall–Kier alpha value is -2.76. The summed E-state index contributed by atoms with van der Waals surface area (Å²) < 4.78 is 5.04. The number of hydrogen-bond acceptors (Lipinski definition) is 5. The lowest BCUT2D eigenvalue weighted by Gasteiger charge is -2.05. The van der Waals surface area contributed by atoms with Gasteiger partial charge in [-0.25, -0.2) is 19.6 Å². The van der Waals surface area contributed by atoms with Crippen LogP contribution in [0.2, 0.25) is 0 Å². The summed E-state index contributed by atoms with van der Waals surface area (Å²) in [5, 5.41) is 8.91. The fraction of sp³-hybridized carbons (Fsp3) is 0.0769. The fourth-order valence-corrected chi connectivity index (χ4v) is 1.41. The number of nitrogens with zero attached hydrogens (tertiary/aromatic N) is 2. The van der Waals surface area contributed by atoms with Crippen molar-refractivity contribution in [2.45, 2.75) is 6.92 Å². The van der Waals surface area contributed by atoms with E-state index in [1.807, 2.05) is 6.92 Å². The van der Waals surface area contributed by atoms with Gasteiger partial charge in [-0.3, -0.25) is 0 Å². The van der Waals surface area contributed by atoms with E-state index in [1.54, 1.807) is 24.3 Å². The maximum atomic E-state index is 11.8. The standard InChI is InChI=1S/C13H10N2O4/c1-8-2-4-9(5-3-8)19-13(18)11-10(12(16)17)14-6-7-15-11/h2-7H,1H3,(H,16,17). The molecular weight excluding hydrogens is 248 g/mol. The Bertz CT molecular complexity index is 623. The number of carbonyl (C=O) groups is 2. The zero-order chi connectivity index (χ0) is 13.8. The zero-order valence-electron chi connectivity index (χ0n) is 10.0. The van der Waals surface area contributed by atoms with Crippen LogP contribution in [0.1, 0.15) is 26.5 Å². The van der Waals surface area contributed by atoms with Gasteiger partial charge in [0.1, 0.15) is 5.75 Å². The van der Waals surface area contributed by atoms with Gasteiger partial charge in [0.25, 0.3) is 0 Å². The Morgan fingerprint density at radius 2 is 1.63 bits per heavy atom. The summed E-state index contributed by atoms with van der Waals surface area (Å²) in [7, 11) is 0. The van der Waals surface area contributed by atoms with Gasteiger partial charge in [-0.2, -0.15) is 0 Å². The summed E-state index contributed by atoms with van der Waals surface area (Å²) in [4.78, 5) is 30.0. The molecule has 1 aromatic carbocycles. The Kier molecular flexibility index (Phi) is 3.51. The van der Waals surface area contributed by atoms with Crippen molar-refractivity contribution in [1.82, 2.24) is 9.97 Å². The lowest BCUT2D eigenvalue weighted by atomic mass is 10.2. The first-order chi connectivity index (χ1) is 9.08. The molecule has 6 nitrogen and oxygen atoms in total. The summed E-state index contributed by atoms with van der Waals surface area (Å²) in [5.41, 5.74) is 0.265. The number of carboxylic acid groups (broad SMARTS) is 1. The Labute approximate surface area is 108 Å². The number of esters is 1. The van der Waals surface area contributed by atoms with Crippen molar-refractivity contribution in [3.63, 3.8) is 0 Å². The number of hydrogen-bond donors (Lipinski definition) is 1. The highest BCUT2D eigenvalue weighted by molar-refractivity contribution is 6.00. The van der Waals surface area contributed by atoms with E-state index in [0.29, 0.717) is 5.75 Å². The zero-order valence-corrected chi connectivity index (χ0v) is 10.0. The van der Waals surface area contributed by atoms with Gasteiger partial charge in [-0.1, -0.05) is 17.7 Å². The van der Waals surface area contributed by atoms with Crippen LogP contribution in [0.15, 0.2) is 36.7 Å². The van der Waals surface area contributed by atoms with E-state index < -0.39 is 17.6 Å². The number of carbonyl (C=O) groups excluding carboxylic acids is 1. The van der Waals surface area contributed by atoms with Gasteiger partial charge in [0.15, 0.2) is 11.4 Å². The Morgan fingerprint density at radius 1 is 1.05 bits per heavy atom. The number of ether oxygens (including phenoxy) is 1. The molecule has 19 heavy (non-hydrogen) atoms. The lowest BCUT2D eigenvalue weighted by molar-refractivity contribution is 0.0657. The molecule has 96 valence electrons. The van der Waals surface area contributed by atoms with E-state index in [4.69, 9.17) is 9.84 Å². The van der Waals surface area contributed by atoms with Crippen molar-refractivity contribution in [3.05, 3.63) is 53.6 Å². The number of benzene rings is 1. The molecule has 0 fully saturated rings. The topological polar surface area (TPSA) is 89.4 Å². The molecule has 2 rings (SSSR count). The molecule has 0 aliphatic carbocycles. The van der Waals surface area contributed by atoms with Crippen LogP contribution in [0.25, 0.3) is 0 Å². The van der Waals surface area contributed by atoms with Gasteiger partial charge in [-0.05, 0) is 19.1 Å². The molecule has 2 aromatic rings. The molecule has 6 heteroatoms. The largest absolute Gasteiger partial charge is 0.476 e. The van der Waals surface area contributed by atoms with Crippen LogP contribution in [-0.2, 0) is 0 Å². The minimum atomic E-state index is -1.33. The summed E-state index contributed by atoms with van der Waals surface area (Å²) in [5.74, 6) is -1.86. The van der Waals surface area contributed by atoms with Crippen molar-refractivity contribution in [2.75, 3.05) is 0 Å². The molecule has 0 saturated carbocycles.